The Labute approximate surface area is 167 Å². The molecular weight excluding hydrogens is 352 g/mol. The first-order chi connectivity index (χ1) is 13.8. The fraction of sp³-hybridized carbons (Fsp3) is 0.667. The Morgan fingerprint density at radius 3 is 2.43 bits per heavy atom. The third-order valence-corrected chi connectivity index (χ3v) is 6.37. The van der Waals surface area contributed by atoms with Crippen LogP contribution in [0.15, 0.2) is 24.3 Å². The molecule has 0 radical (unpaired) electrons. The van der Waals surface area contributed by atoms with Crippen LogP contribution in [0.25, 0.3) is 0 Å². The van der Waals surface area contributed by atoms with Crippen molar-refractivity contribution in [3.63, 3.8) is 0 Å². The summed E-state index contributed by atoms with van der Waals surface area (Å²) < 4.78 is 7.21. The molecule has 1 saturated carbocycles. The lowest BCUT2D eigenvalue weighted by molar-refractivity contribution is 0.0646. The van der Waals surface area contributed by atoms with Gasteiger partial charge in [0.15, 0.2) is 5.82 Å². The van der Waals surface area contributed by atoms with E-state index in [2.05, 4.69) is 44.4 Å². The molecule has 0 amide bonds. The zero-order valence-electron chi connectivity index (χ0n) is 17.1. The number of ether oxygens (including phenoxy) is 1. The Morgan fingerprint density at radius 1 is 1.07 bits per heavy atom. The molecule has 2 aromatic rings. The summed E-state index contributed by atoms with van der Waals surface area (Å²) in [5.41, 5.74) is 1.18. The minimum absolute atomic E-state index is 0.277. The van der Waals surface area contributed by atoms with Crippen LogP contribution >= 0.6 is 0 Å². The molecule has 152 valence electrons. The Morgan fingerprint density at radius 2 is 1.79 bits per heavy atom. The smallest absolute Gasteiger partial charge is 0.168 e. The molecule has 0 bridgehead atoms. The van der Waals surface area contributed by atoms with Gasteiger partial charge in [-0.05, 0) is 47.4 Å². The van der Waals surface area contributed by atoms with Crippen molar-refractivity contribution in [2.24, 2.45) is 0 Å². The summed E-state index contributed by atoms with van der Waals surface area (Å²) in [4.78, 5) is 5.28. The maximum Gasteiger partial charge on any atom is 0.168 e. The fourth-order valence-electron chi connectivity index (χ4n) is 4.75. The molecule has 2 fully saturated rings. The van der Waals surface area contributed by atoms with E-state index in [0.717, 1.165) is 37.1 Å². The van der Waals surface area contributed by atoms with Crippen LogP contribution in [-0.4, -0.2) is 69.3 Å². The van der Waals surface area contributed by atoms with Crippen LogP contribution in [0.2, 0.25) is 0 Å². The molecule has 2 heterocycles. The van der Waals surface area contributed by atoms with Crippen molar-refractivity contribution >= 4 is 0 Å². The van der Waals surface area contributed by atoms with Crippen LogP contribution in [0.1, 0.15) is 56.5 Å². The number of methoxy groups -OCH3 is 1. The normalized spacial score (nSPS) is 20.5. The van der Waals surface area contributed by atoms with E-state index in [1.54, 1.807) is 7.11 Å². The highest BCUT2D eigenvalue weighted by Gasteiger charge is 2.31. The maximum atomic E-state index is 5.25. The van der Waals surface area contributed by atoms with Gasteiger partial charge in [0.2, 0.25) is 0 Å². The van der Waals surface area contributed by atoms with Crippen molar-refractivity contribution in [2.45, 2.75) is 57.7 Å². The molecule has 1 aliphatic heterocycles. The highest BCUT2D eigenvalue weighted by atomic mass is 16.5. The molecule has 2 aliphatic rings. The van der Waals surface area contributed by atoms with Gasteiger partial charge in [-0.3, -0.25) is 9.80 Å². The summed E-state index contributed by atoms with van der Waals surface area (Å²) in [6.07, 6.45) is 6.60. The summed E-state index contributed by atoms with van der Waals surface area (Å²) >= 11 is 0. The van der Waals surface area contributed by atoms with E-state index in [1.165, 1.54) is 44.3 Å². The van der Waals surface area contributed by atoms with Gasteiger partial charge in [-0.25, -0.2) is 4.68 Å². The number of rotatable bonds is 7. The van der Waals surface area contributed by atoms with Crippen LogP contribution in [0, 0.1) is 0 Å². The highest BCUT2D eigenvalue weighted by Crippen LogP contribution is 2.28. The van der Waals surface area contributed by atoms with E-state index in [-0.39, 0.29) is 6.04 Å². The van der Waals surface area contributed by atoms with Crippen LogP contribution in [0.5, 0.6) is 5.75 Å². The second kappa shape index (κ2) is 9.01. The molecule has 1 aromatic carbocycles. The molecule has 7 heteroatoms. The second-order valence-corrected chi connectivity index (χ2v) is 7.98. The zero-order valence-corrected chi connectivity index (χ0v) is 17.1. The van der Waals surface area contributed by atoms with Gasteiger partial charge in [-0.2, -0.15) is 0 Å². The molecule has 1 atom stereocenters. The summed E-state index contributed by atoms with van der Waals surface area (Å²) in [5.74, 6) is 1.85. The van der Waals surface area contributed by atoms with Crippen molar-refractivity contribution in [3.05, 3.63) is 35.7 Å². The van der Waals surface area contributed by atoms with Gasteiger partial charge in [-0.1, -0.05) is 31.9 Å². The number of piperazine rings is 1. The predicted octanol–water partition coefficient (Wildman–Crippen LogP) is 2.74. The topological polar surface area (TPSA) is 59.3 Å². The first-order valence-corrected chi connectivity index (χ1v) is 10.7. The minimum atomic E-state index is 0.277. The Balaban J connectivity index is 1.41. The van der Waals surface area contributed by atoms with Crippen LogP contribution < -0.4 is 4.74 Å². The number of tetrazole rings is 1. The minimum Gasteiger partial charge on any atom is -0.497 e. The molecule has 7 nitrogen and oxygen atoms in total. The molecule has 4 rings (SSSR count). The molecular formula is C21H32N6O. The van der Waals surface area contributed by atoms with Gasteiger partial charge in [0.25, 0.3) is 0 Å². The SMILES string of the molecule is CCC(c1nnnn1Cc1ccc(OC)cc1)N1CCN(C2CCCC2)CC1. The molecule has 0 N–H and O–H groups in total. The van der Waals surface area contributed by atoms with E-state index < -0.39 is 0 Å². The Kier molecular flexibility index (Phi) is 6.22. The molecule has 1 saturated heterocycles. The van der Waals surface area contributed by atoms with Crippen LogP contribution in [0.3, 0.4) is 0 Å². The fourth-order valence-corrected chi connectivity index (χ4v) is 4.75. The lowest BCUT2D eigenvalue weighted by atomic mass is 10.1. The number of nitrogens with zero attached hydrogens (tertiary/aromatic N) is 6. The van der Waals surface area contributed by atoms with Gasteiger partial charge >= 0.3 is 0 Å². The monoisotopic (exact) mass is 384 g/mol. The lowest BCUT2D eigenvalue weighted by Gasteiger charge is -2.40. The standard InChI is InChI=1S/C21H32N6O/c1-3-20(26-14-12-25(13-15-26)18-6-4-5-7-18)21-22-23-24-27(21)16-17-8-10-19(28-2)11-9-17/h8-11,18,20H,3-7,12-16H2,1-2H3. The van der Waals surface area contributed by atoms with E-state index in [0.29, 0.717) is 6.54 Å². The molecule has 1 aliphatic carbocycles. The third kappa shape index (κ3) is 4.20. The van der Waals surface area contributed by atoms with Gasteiger partial charge in [0.05, 0.1) is 19.7 Å². The zero-order chi connectivity index (χ0) is 19.3. The lowest BCUT2D eigenvalue weighted by Crippen LogP contribution is -2.50. The summed E-state index contributed by atoms with van der Waals surface area (Å²) in [5, 5.41) is 12.7. The average molecular weight is 385 g/mol. The van der Waals surface area contributed by atoms with Crippen molar-refractivity contribution in [3.8, 4) is 5.75 Å². The van der Waals surface area contributed by atoms with Gasteiger partial charge in [0, 0.05) is 32.2 Å². The number of hydrogen-bond donors (Lipinski definition) is 0. The number of aromatic nitrogens is 4. The molecule has 1 aromatic heterocycles. The number of benzene rings is 1. The van der Waals surface area contributed by atoms with Crippen molar-refractivity contribution in [1.29, 1.82) is 0 Å². The van der Waals surface area contributed by atoms with Gasteiger partial charge in [-0.15, -0.1) is 5.10 Å². The van der Waals surface area contributed by atoms with Gasteiger partial charge in [0.1, 0.15) is 5.75 Å². The summed E-state index contributed by atoms with van der Waals surface area (Å²) in [6, 6.07) is 9.22. The largest absolute Gasteiger partial charge is 0.497 e. The van der Waals surface area contributed by atoms with E-state index in [1.807, 2.05) is 16.8 Å². The molecule has 1 unspecified atom stereocenters. The summed E-state index contributed by atoms with van der Waals surface area (Å²) in [6.45, 7) is 7.46. The Bertz CT molecular complexity index is 732. The Hall–Kier alpha value is -1.99. The van der Waals surface area contributed by atoms with Crippen molar-refractivity contribution in [2.75, 3.05) is 33.3 Å². The van der Waals surface area contributed by atoms with Crippen LogP contribution in [-0.2, 0) is 6.54 Å². The van der Waals surface area contributed by atoms with E-state index >= 15 is 0 Å². The van der Waals surface area contributed by atoms with E-state index in [9.17, 15) is 0 Å². The van der Waals surface area contributed by atoms with Crippen molar-refractivity contribution in [1.82, 2.24) is 30.0 Å². The summed E-state index contributed by atoms with van der Waals surface area (Å²) in [7, 11) is 1.69. The predicted molar refractivity (Wildman–Crippen MR) is 108 cm³/mol. The second-order valence-electron chi connectivity index (χ2n) is 7.98. The van der Waals surface area contributed by atoms with E-state index in [4.69, 9.17) is 4.74 Å². The molecule has 28 heavy (non-hydrogen) atoms. The molecule has 0 spiro atoms. The average Bonchev–Trinajstić information content (AvgIpc) is 3.43. The third-order valence-electron chi connectivity index (χ3n) is 6.37. The number of hydrogen-bond acceptors (Lipinski definition) is 6. The van der Waals surface area contributed by atoms with Crippen molar-refractivity contribution < 1.29 is 4.74 Å². The quantitative estimate of drug-likeness (QED) is 0.732. The van der Waals surface area contributed by atoms with Crippen LogP contribution in [0.4, 0.5) is 0 Å². The highest BCUT2D eigenvalue weighted by molar-refractivity contribution is 5.27. The first kappa shape index (κ1) is 19.3. The van der Waals surface area contributed by atoms with Gasteiger partial charge < -0.3 is 4.74 Å². The maximum absolute atomic E-state index is 5.25. The first-order valence-electron chi connectivity index (χ1n) is 10.7.